The van der Waals surface area contributed by atoms with Gasteiger partial charge in [-0.25, -0.2) is 4.98 Å². The number of nitrogens with zero attached hydrogens (tertiary/aromatic N) is 3. The second-order valence-corrected chi connectivity index (χ2v) is 3.88. The Bertz CT molecular complexity index is 536. The predicted octanol–water partition coefficient (Wildman–Crippen LogP) is 1.52. The second-order valence-electron chi connectivity index (χ2n) is 3.88. The maximum atomic E-state index is 8.77. The van der Waals surface area contributed by atoms with Crippen molar-refractivity contribution in [3.63, 3.8) is 0 Å². The van der Waals surface area contributed by atoms with E-state index in [9.17, 15) is 0 Å². The largest absolute Gasteiger partial charge is 0.350 e. The van der Waals surface area contributed by atoms with Gasteiger partial charge in [0.25, 0.3) is 0 Å². The first-order chi connectivity index (χ1) is 8.31. The van der Waals surface area contributed by atoms with Crippen molar-refractivity contribution >= 4 is 0 Å². The SMILES string of the molecule is CNCc1ccn(Cc2ccnc(C#N)c2)c1. The Morgan fingerprint density at radius 2 is 2.29 bits per heavy atom. The molecular formula is C13H14N4. The minimum Gasteiger partial charge on any atom is -0.350 e. The highest BCUT2D eigenvalue weighted by atomic mass is 14.9. The fourth-order valence-electron chi connectivity index (χ4n) is 1.74. The second kappa shape index (κ2) is 5.28. The number of nitriles is 1. The Morgan fingerprint density at radius 3 is 3.06 bits per heavy atom. The summed E-state index contributed by atoms with van der Waals surface area (Å²) >= 11 is 0. The zero-order valence-corrected chi connectivity index (χ0v) is 9.72. The molecule has 4 nitrogen and oxygen atoms in total. The average molecular weight is 226 g/mol. The Morgan fingerprint density at radius 1 is 1.41 bits per heavy atom. The van der Waals surface area contributed by atoms with E-state index in [-0.39, 0.29) is 0 Å². The van der Waals surface area contributed by atoms with Crippen LogP contribution >= 0.6 is 0 Å². The molecule has 2 aromatic rings. The van der Waals surface area contributed by atoms with Crippen molar-refractivity contribution < 1.29 is 0 Å². The maximum absolute atomic E-state index is 8.77. The van der Waals surface area contributed by atoms with Gasteiger partial charge in [-0.1, -0.05) is 0 Å². The van der Waals surface area contributed by atoms with Crippen LogP contribution in [0.3, 0.4) is 0 Å². The lowest BCUT2D eigenvalue weighted by Crippen LogP contribution is -2.04. The molecule has 0 amide bonds. The monoisotopic (exact) mass is 226 g/mol. The first-order valence-electron chi connectivity index (χ1n) is 5.46. The molecule has 0 unspecified atom stereocenters. The summed E-state index contributed by atoms with van der Waals surface area (Å²) < 4.78 is 2.10. The number of hydrogen-bond acceptors (Lipinski definition) is 3. The van der Waals surface area contributed by atoms with Crippen LogP contribution in [0.1, 0.15) is 16.8 Å². The molecule has 0 spiro atoms. The number of rotatable bonds is 4. The van der Waals surface area contributed by atoms with E-state index in [1.807, 2.05) is 31.4 Å². The van der Waals surface area contributed by atoms with Gasteiger partial charge < -0.3 is 9.88 Å². The highest BCUT2D eigenvalue weighted by Crippen LogP contribution is 2.07. The molecule has 1 N–H and O–H groups in total. The van der Waals surface area contributed by atoms with Gasteiger partial charge in [0.15, 0.2) is 0 Å². The van der Waals surface area contributed by atoms with Crippen LogP contribution in [0.2, 0.25) is 0 Å². The van der Waals surface area contributed by atoms with Crippen molar-refractivity contribution in [2.75, 3.05) is 7.05 Å². The van der Waals surface area contributed by atoms with Crippen molar-refractivity contribution in [2.45, 2.75) is 13.1 Å². The molecule has 2 aromatic heterocycles. The Balaban J connectivity index is 2.11. The smallest absolute Gasteiger partial charge is 0.140 e. The van der Waals surface area contributed by atoms with Gasteiger partial charge in [0.2, 0.25) is 0 Å². The molecule has 0 saturated carbocycles. The summed E-state index contributed by atoms with van der Waals surface area (Å²) in [7, 11) is 1.93. The van der Waals surface area contributed by atoms with Gasteiger partial charge in [0.05, 0.1) is 0 Å². The number of nitrogens with one attached hydrogen (secondary N) is 1. The lowest BCUT2D eigenvalue weighted by molar-refractivity contribution is 0.781. The quantitative estimate of drug-likeness (QED) is 0.860. The fourth-order valence-corrected chi connectivity index (χ4v) is 1.74. The molecule has 17 heavy (non-hydrogen) atoms. The van der Waals surface area contributed by atoms with Crippen LogP contribution in [-0.2, 0) is 13.1 Å². The lowest BCUT2D eigenvalue weighted by atomic mass is 10.2. The highest BCUT2D eigenvalue weighted by Gasteiger charge is 1.99. The van der Waals surface area contributed by atoms with Crippen LogP contribution in [-0.4, -0.2) is 16.6 Å². The van der Waals surface area contributed by atoms with Crippen LogP contribution in [0, 0.1) is 11.3 Å². The average Bonchev–Trinajstić information content (AvgIpc) is 2.77. The summed E-state index contributed by atoms with van der Waals surface area (Å²) in [4.78, 5) is 3.95. The van der Waals surface area contributed by atoms with Gasteiger partial charge in [-0.15, -0.1) is 0 Å². The zero-order valence-electron chi connectivity index (χ0n) is 9.72. The van der Waals surface area contributed by atoms with Crippen molar-refractivity contribution in [1.29, 1.82) is 5.26 Å². The molecular weight excluding hydrogens is 212 g/mol. The molecule has 0 atom stereocenters. The van der Waals surface area contributed by atoms with E-state index < -0.39 is 0 Å². The summed E-state index contributed by atoms with van der Waals surface area (Å²) in [6, 6.07) is 7.88. The van der Waals surface area contributed by atoms with Crippen LogP contribution in [0.25, 0.3) is 0 Å². The Labute approximate surface area is 101 Å². The molecule has 86 valence electrons. The normalized spacial score (nSPS) is 10.1. The van der Waals surface area contributed by atoms with Crippen LogP contribution in [0.5, 0.6) is 0 Å². The van der Waals surface area contributed by atoms with Crippen molar-refractivity contribution in [3.8, 4) is 6.07 Å². The van der Waals surface area contributed by atoms with E-state index in [0.717, 1.165) is 18.7 Å². The van der Waals surface area contributed by atoms with Crippen LogP contribution in [0.15, 0.2) is 36.8 Å². The first kappa shape index (κ1) is 11.4. The predicted molar refractivity (Wildman–Crippen MR) is 65.2 cm³/mol. The summed E-state index contributed by atoms with van der Waals surface area (Å²) in [6.45, 7) is 1.63. The minimum absolute atomic E-state index is 0.463. The summed E-state index contributed by atoms with van der Waals surface area (Å²) in [5, 5.41) is 11.9. The molecule has 2 rings (SSSR count). The highest BCUT2D eigenvalue weighted by molar-refractivity contribution is 5.26. The fraction of sp³-hybridized carbons (Fsp3) is 0.231. The number of aromatic nitrogens is 2. The van der Waals surface area contributed by atoms with Gasteiger partial charge in [-0.2, -0.15) is 5.26 Å². The topological polar surface area (TPSA) is 53.6 Å². The molecule has 0 aliphatic rings. The van der Waals surface area contributed by atoms with Crippen molar-refractivity contribution in [3.05, 3.63) is 53.6 Å². The lowest BCUT2D eigenvalue weighted by Gasteiger charge is -2.03. The van der Waals surface area contributed by atoms with Gasteiger partial charge >= 0.3 is 0 Å². The third-order valence-electron chi connectivity index (χ3n) is 2.50. The third-order valence-corrected chi connectivity index (χ3v) is 2.50. The van der Waals surface area contributed by atoms with Crippen molar-refractivity contribution in [1.82, 2.24) is 14.9 Å². The van der Waals surface area contributed by atoms with Gasteiger partial charge in [-0.05, 0) is 36.4 Å². The molecule has 0 fully saturated rings. The molecule has 0 aromatic carbocycles. The van der Waals surface area contributed by atoms with E-state index in [4.69, 9.17) is 5.26 Å². The zero-order chi connectivity index (χ0) is 12.1. The molecule has 4 heteroatoms. The van der Waals surface area contributed by atoms with Gasteiger partial charge in [0, 0.05) is 31.7 Å². The van der Waals surface area contributed by atoms with Gasteiger partial charge in [0.1, 0.15) is 11.8 Å². The minimum atomic E-state index is 0.463. The van der Waals surface area contributed by atoms with Crippen molar-refractivity contribution in [2.24, 2.45) is 0 Å². The summed E-state index contributed by atoms with van der Waals surface area (Å²) in [6.07, 6.45) is 5.81. The third kappa shape index (κ3) is 2.92. The Hall–Kier alpha value is -2.12. The molecule has 2 heterocycles. The van der Waals surface area contributed by atoms with E-state index in [2.05, 4.69) is 27.1 Å². The molecule has 0 aliphatic heterocycles. The maximum Gasteiger partial charge on any atom is 0.140 e. The van der Waals surface area contributed by atoms with Crippen LogP contribution in [0.4, 0.5) is 0 Å². The summed E-state index contributed by atoms with van der Waals surface area (Å²) in [5.74, 6) is 0. The van der Waals surface area contributed by atoms with Crippen LogP contribution < -0.4 is 5.32 Å². The van der Waals surface area contributed by atoms with E-state index in [1.54, 1.807) is 6.20 Å². The molecule has 0 radical (unpaired) electrons. The molecule has 0 bridgehead atoms. The van der Waals surface area contributed by atoms with E-state index in [1.165, 1.54) is 5.56 Å². The summed E-state index contributed by atoms with van der Waals surface area (Å²) in [5.41, 5.74) is 2.80. The standard InChI is InChI=1S/C13H14N4/c1-15-8-12-3-5-17(10-12)9-11-2-4-16-13(6-11)7-14/h2-6,10,15H,8-9H2,1H3. The van der Waals surface area contributed by atoms with E-state index in [0.29, 0.717) is 5.69 Å². The van der Waals surface area contributed by atoms with Gasteiger partial charge in [-0.3, -0.25) is 0 Å². The number of hydrogen-bond donors (Lipinski definition) is 1. The molecule has 0 aliphatic carbocycles. The first-order valence-corrected chi connectivity index (χ1v) is 5.46. The van der Waals surface area contributed by atoms with E-state index >= 15 is 0 Å². The Kier molecular flexibility index (Phi) is 3.53. The molecule has 0 saturated heterocycles. The number of pyridine rings is 1.